The molecule has 0 aliphatic carbocycles. The minimum absolute atomic E-state index is 0.158. The minimum atomic E-state index is -1.01. The Bertz CT molecular complexity index is 560. The summed E-state index contributed by atoms with van der Waals surface area (Å²) < 4.78 is 18.0. The number of hydrogen-bond acceptors (Lipinski definition) is 3. The zero-order valence-corrected chi connectivity index (χ0v) is 9.74. The summed E-state index contributed by atoms with van der Waals surface area (Å²) in [6.07, 6.45) is 0. The third-order valence-electron chi connectivity index (χ3n) is 2.51. The van der Waals surface area contributed by atoms with Gasteiger partial charge in [-0.15, -0.1) is 0 Å². The molecule has 1 heterocycles. The van der Waals surface area contributed by atoms with Crippen molar-refractivity contribution in [2.45, 2.75) is 13.5 Å². The lowest BCUT2D eigenvalue weighted by molar-refractivity contribution is 0.0695. The number of hydrogen-bond donors (Lipinski definition) is 2. The summed E-state index contributed by atoms with van der Waals surface area (Å²) >= 11 is 0. The molecule has 0 spiro atoms. The molecule has 0 aliphatic heterocycles. The number of carbonyl (C=O) groups is 1. The number of benzene rings is 1. The predicted octanol–water partition coefficient (Wildman–Crippen LogP) is 3.04. The first-order valence-corrected chi connectivity index (χ1v) is 5.38. The van der Waals surface area contributed by atoms with Gasteiger partial charge in [-0.2, -0.15) is 0 Å². The number of aryl methyl sites for hydroxylation is 1. The monoisotopic (exact) mass is 249 g/mol. The Morgan fingerprint density at radius 1 is 1.39 bits per heavy atom. The average Bonchev–Trinajstić information content (AvgIpc) is 2.70. The van der Waals surface area contributed by atoms with E-state index in [9.17, 15) is 9.18 Å². The number of furan rings is 1. The van der Waals surface area contributed by atoms with E-state index in [4.69, 9.17) is 9.52 Å². The van der Waals surface area contributed by atoms with Crippen LogP contribution in [0.3, 0.4) is 0 Å². The van der Waals surface area contributed by atoms with E-state index in [1.807, 2.05) is 0 Å². The zero-order valence-electron chi connectivity index (χ0n) is 9.74. The number of carboxylic acids is 1. The summed E-state index contributed by atoms with van der Waals surface area (Å²) in [7, 11) is 0. The molecule has 4 nitrogen and oxygen atoms in total. The molecule has 0 aliphatic rings. The fraction of sp³-hybridized carbons (Fsp3) is 0.154. The molecule has 1 aromatic heterocycles. The molecule has 1 aromatic carbocycles. The van der Waals surface area contributed by atoms with Crippen LogP contribution in [0.5, 0.6) is 0 Å². The Kier molecular flexibility index (Phi) is 3.32. The molecular formula is C13H12FNO3. The lowest BCUT2D eigenvalue weighted by Crippen LogP contribution is -1.98. The molecule has 0 fully saturated rings. The third kappa shape index (κ3) is 2.68. The van der Waals surface area contributed by atoms with Gasteiger partial charge in [-0.05, 0) is 37.3 Å². The van der Waals surface area contributed by atoms with Crippen molar-refractivity contribution in [1.82, 2.24) is 0 Å². The van der Waals surface area contributed by atoms with E-state index in [0.717, 1.165) is 5.69 Å². The van der Waals surface area contributed by atoms with Crippen LogP contribution in [-0.2, 0) is 6.54 Å². The van der Waals surface area contributed by atoms with Crippen LogP contribution in [0.4, 0.5) is 10.1 Å². The van der Waals surface area contributed by atoms with E-state index < -0.39 is 5.97 Å². The van der Waals surface area contributed by atoms with Crippen molar-refractivity contribution in [3.63, 3.8) is 0 Å². The molecule has 0 unspecified atom stereocenters. The van der Waals surface area contributed by atoms with Crippen molar-refractivity contribution in [3.8, 4) is 0 Å². The van der Waals surface area contributed by atoms with Gasteiger partial charge < -0.3 is 14.8 Å². The van der Waals surface area contributed by atoms with Crippen molar-refractivity contribution >= 4 is 11.7 Å². The summed E-state index contributed by atoms with van der Waals surface area (Å²) in [6.45, 7) is 1.95. The first-order chi connectivity index (χ1) is 8.56. The highest BCUT2D eigenvalue weighted by Crippen LogP contribution is 2.16. The van der Waals surface area contributed by atoms with Crippen LogP contribution in [0.15, 0.2) is 34.7 Å². The van der Waals surface area contributed by atoms with Gasteiger partial charge >= 0.3 is 5.97 Å². The van der Waals surface area contributed by atoms with Crippen LogP contribution >= 0.6 is 0 Å². The minimum Gasteiger partial charge on any atom is -0.478 e. The lowest BCUT2D eigenvalue weighted by Gasteiger charge is -2.03. The fourth-order valence-electron chi connectivity index (χ4n) is 1.60. The molecule has 94 valence electrons. The van der Waals surface area contributed by atoms with Crippen molar-refractivity contribution in [3.05, 3.63) is 53.2 Å². The number of aromatic carboxylic acids is 1. The molecule has 2 rings (SSSR count). The van der Waals surface area contributed by atoms with E-state index in [2.05, 4.69) is 5.32 Å². The Labute approximate surface area is 103 Å². The first-order valence-electron chi connectivity index (χ1n) is 5.38. The van der Waals surface area contributed by atoms with Crippen molar-refractivity contribution < 1.29 is 18.7 Å². The van der Waals surface area contributed by atoms with Crippen LogP contribution in [-0.4, -0.2) is 11.1 Å². The maximum atomic E-state index is 12.7. The van der Waals surface area contributed by atoms with Crippen LogP contribution < -0.4 is 5.32 Å². The van der Waals surface area contributed by atoms with E-state index in [-0.39, 0.29) is 11.4 Å². The maximum Gasteiger partial charge on any atom is 0.339 e. The summed E-state index contributed by atoms with van der Waals surface area (Å²) in [5.41, 5.74) is 0.897. The lowest BCUT2D eigenvalue weighted by atomic mass is 10.2. The van der Waals surface area contributed by atoms with Crippen molar-refractivity contribution in [2.24, 2.45) is 0 Å². The highest BCUT2D eigenvalue weighted by molar-refractivity contribution is 5.88. The Balaban J connectivity index is 2.04. The average molecular weight is 249 g/mol. The quantitative estimate of drug-likeness (QED) is 0.874. The largest absolute Gasteiger partial charge is 0.478 e. The highest BCUT2D eigenvalue weighted by Gasteiger charge is 2.13. The second-order valence-electron chi connectivity index (χ2n) is 3.85. The van der Waals surface area contributed by atoms with Gasteiger partial charge in [0.1, 0.15) is 22.9 Å². The first kappa shape index (κ1) is 12.2. The second-order valence-corrected chi connectivity index (χ2v) is 3.85. The smallest absolute Gasteiger partial charge is 0.339 e. The van der Waals surface area contributed by atoms with E-state index in [1.165, 1.54) is 18.2 Å². The summed E-state index contributed by atoms with van der Waals surface area (Å²) in [5, 5.41) is 11.9. The number of rotatable bonds is 4. The van der Waals surface area contributed by atoms with Gasteiger partial charge in [0.05, 0.1) is 6.54 Å². The molecule has 0 saturated carbocycles. The molecule has 0 saturated heterocycles. The van der Waals surface area contributed by atoms with Gasteiger partial charge in [-0.1, -0.05) is 0 Å². The van der Waals surface area contributed by atoms with Gasteiger partial charge in [-0.25, -0.2) is 9.18 Å². The number of anilines is 1. The Morgan fingerprint density at radius 2 is 2.06 bits per heavy atom. The van der Waals surface area contributed by atoms with E-state index in [0.29, 0.717) is 18.1 Å². The maximum absolute atomic E-state index is 12.7. The van der Waals surface area contributed by atoms with E-state index >= 15 is 0 Å². The Hall–Kier alpha value is -2.30. The molecule has 0 bridgehead atoms. The van der Waals surface area contributed by atoms with Crippen LogP contribution in [0.1, 0.15) is 21.9 Å². The van der Waals surface area contributed by atoms with Crippen LogP contribution in [0.25, 0.3) is 0 Å². The van der Waals surface area contributed by atoms with Gasteiger partial charge in [0, 0.05) is 5.69 Å². The van der Waals surface area contributed by atoms with Gasteiger partial charge in [0.25, 0.3) is 0 Å². The number of nitrogens with one attached hydrogen (secondary N) is 1. The van der Waals surface area contributed by atoms with Crippen molar-refractivity contribution in [1.29, 1.82) is 0 Å². The zero-order chi connectivity index (χ0) is 13.1. The topological polar surface area (TPSA) is 62.5 Å². The molecule has 2 aromatic rings. The fourth-order valence-corrected chi connectivity index (χ4v) is 1.60. The van der Waals surface area contributed by atoms with Gasteiger partial charge in [0.15, 0.2) is 0 Å². The van der Waals surface area contributed by atoms with E-state index in [1.54, 1.807) is 19.1 Å². The molecular weight excluding hydrogens is 237 g/mol. The SMILES string of the molecule is Cc1oc(CNc2ccc(F)cc2)cc1C(=O)O. The van der Waals surface area contributed by atoms with Crippen molar-refractivity contribution in [2.75, 3.05) is 5.32 Å². The second kappa shape index (κ2) is 4.91. The molecule has 18 heavy (non-hydrogen) atoms. The molecule has 0 atom stereocenters. The Morgan fingerprint density at radius 3 is 2.61 bits per heavy atom. The third-order valence-corrected chi connectivity index (χ3v) is 2.51. The highest BCUT2D eigenvalue weighted by atomic mass is 19.1. The standard InChI is InChI=1S/C13H12FNO3/c1-8-12(13(16)17)6-11(18-8)7-15-10-4-2-9(14)3-5-10/h2-6,15H,7H2,1H3,(H,16,17). The number of carboxylic acid groups (broad SMARTS) is 1. The summed E-state index contributed by atoms with van der Waals surface area (Å²) in [4.78, 5) is 10.8. The van der Waals surface area contributed by atoms with Gasteiger partial charge in [-0.3, -0.25) is 0 Å². The summed E-state index contributed by atoms with van der Waals surface area (Å²) in [5.74, 6) is -0.417. The molecule has 5 heteroatoms. The van der Waals surface area contributed by atoms with Crippen LogP contribution in [0.2, 0.25) is 0 Å². The molecule has 0 amide bonds. The molecule has 0 radical (unpaired) electrons. The van der Waals surface area contributed by atoms with Crippen LogP contribution in [0, 0.1) is 12.7 Å². The number of halogens is 1. The predicted molar refractivity (Wildman–Crippen MR) is 64.1 cm³/mol. The van der Waals surface area contributed by atoms with Gasteiger partial charge in [0.2, 0.25) is 0 Å². The molecule has 2 N–H and O–H groups in total. The summed E-state index contributed by atoms with van der Waals surface area (Å²) in [6, 6.07) is 7.37. The normalized spacial score (nSPS) is 10.3.